The van der Waals surface area contributed by atoms with Crippen molar-refractivity contribution in [1.82, 2.24) is 4.90 Å². The van der Waals surface area contributed by atoms with E-state index in [1.807, 2.05) is 6.08 Å². The fourth-order valence-electron chi connectivity index (χ4n) is 2.17. The molecule has 1 heterocycles. The van der Waals surface area contributed by atoms with E-state index in [2.05, 4.69) is 11.9 Å². The molecule has 0 aromatic rings. The summed E-state index contributed by atoms with van der Waals surface area (Å²) in [6, 6.07) is 0. The lowest BCUT2D eigenvalue weighted by molar-refractivity contribution is -0.115. The zero-order valence-corrected chi connectivity index (χ0v) is 7.55. The molecule has 1 aliphatic heterocycles. The van der Waals surface area contributed by atoms with E-state index in [-0.39, 0.29) is 0 Å². The number of carbonyl (C=O) groups is 1. The van der Waals surface area contributed by atoms with Crippen molar-refractivity contribution in [2.24, 2.45) is 5.92 Å². The Hall–Kier alpha value is -0.630. The summed E-state index contributed by atoms with van der Waals surface area (Å²) in [5.74, 6) is 1.05. The van der Waals surface area contributed by atoms with Crippen molar-refractivity contribution >= 4 is 5.78 Å². The van der Waals surface area contributed by atoms with Crippen LogP contribution >= 0.6 is 0 Å². The lowest BCUT2D eigenvalue weighted by atomic mass is 9.82. The fourth-order valence-corrected chi connectivity index (χ4v) is 2.17. The largest absolute Gasteiger partial charge is 0.302 e. The second-order valence-electron chi connectivity index (χ2n) is 3.95. The summed E-state index contributed by atoms with van der Waals surface area (Å²) in [5, 5.41) is 0. The molecule has 0 N–H and O–H groups in total. The maximum atomic E-state index is 11.1. The van der Waals surface area contributed by atoms with E-state index in [9.17, 15) is 4.79 Å². The molecule has 1 unspecified atom stereocenters. The second-order valence-corrected chi connectivity index (χ2v) is 3.95. The Bertz CT molecular complexity index is 232. The Labute approximate surface area is 73.2 Å². The van der Waals surface area contributed by atoms with Crippen molar-refractivity contribution in [2.45, 2.75) is 19.3 Å². The minimum Gasteiger partial charge on any atom is -0.302 e. The topological polar surface area (TPSA) is 20.3 Å². The van der Waals surface area contributed by atoms with Crippen LogP contribution in [0, 0.1) is 5.92 Å². The summed E-state index contributed by atoms with van der Waals surface area (Å²) in [4.78, 5) is 13.4. The average molecular weight is 165 g/mol. The van der Waals surface area contributed by atoms with Crippen LogP contribution in [0.5, 0.6) is 0 Å². The zero-order valence-electron chi connectivity index (χ0n) is 7.55. The summed E-state index contributed by atoms with van der Waals surface area (Å²) in [6.07, 6.45) is 5.00. The van der Waals surface area contributed by atoms with Gasteiger partial charge in [0, 0.05) is 13.0 Å². The molecule has 0 saturated carbocycles. The molecule has 0 radical (unpaired) electrons. The van der Waals surface area contributed by atoms with Crippen LogP contribution in [-0.4, -0.2) is 30.8 Å². The first-order chi connectivity index (χ1) is 5.75. The lowest BCUT2D eigenvalue weighted by Crippen LogP contribution is -2.34. The summed E-state index contributed by atoms with van der Waals surface area (Å²) >= 11 is 0. The predicted octanol–water partition coefficient (Wildman–Crippen LogP) is 1.23. The number of rotatable bonds is 0. The number of allylic oxidation sites excluding steroid dienone is 1. The summed E-state index contributed by atoms with van der Waals surface area (Å²) in [5.41, 5.74) is 1.38. The van der Waals surface area contributed by atoms with Gasteiger partial charge in [0.05, 0.1) is 0 Å². The van der Waals surface area contributed by atoms with Gasteiger partial charge in [-0.25, -0.2) is 0 Å². The second kappa shape index (κ2) is 3.02. The van der Waals surface area contributed by atoms with Gasteiger partial charge in [0.25, 0.3) is 0 Å². The van der Waals surface area contributed by atoms with Crippen molar-refractivity contribution in [3.8, 4) is 0 Å². The zero-order chi connectivity index (χ0) is 8.55. The van der Waals surface area contributed by atoms with Crippen LogP contribution in [0.2, 0.25) is 0 Å². The van der Waals surface area contributed by atoms with Gasteiger partial charge in [0.2, 0.25) is 0 Å². The van der Waals surface area contributed by atoms with Gasteiger partial charge >= 0.3 is 0 Å². The molecular weight excluding hydrogens is 150 g/mol. The molecular formula is C10H15NO. The Balaban J connectivity index is 2.15. The monoisotopic (exact) mass is 165 g/mol. The van der Waals surface area contributed by atoms with Gasteiger partial charge in [0.1, 0.15) is 0 Å². The highest BCUT2D eigenvalue weighted by molar-refractivity contribution is 5.91. The fraction of sp³-hybridized carbons (Fsp3) is 0.700. The number of nitrogens with zero attached hydrogens (tertiary/aromatic N) is 1. The molecule has 0 bridgehead atoms. The summed E-state index contributed by atoms with van der Waals surface area (Å²) < 4.78 is 0. The molecule has 0 amide bonds. The number of likely N-dealkylation sites (tertiary alicyclic amines) is 1. The number of ketones is 1. The number of hydrogen-bond donors (Lipinski definition) is 0. The van der Waals surface area contributed by atoms with E-state index in [0.717, 1.165) is 25.3 Å². The van der Waals surface area contributed by atoms with E-state index in [0.29, 0.717) is 5.78 Å². The molecule has 2 rings (SSSR count). The van der Waals surface area contributed by atoms with Crippen LogP contribution in [0.4, 0.5) is 0 Å². The third-order valence-corrected chi connectivity index (χ3v) is 2.92. The van der Waals surface area contributed by atoms with Crippen molar-refractivity contribution in [3.05, 3.63) is 11.6 Å². The van der Waals surface area contributed by atoms with Gasteiger partial charge in [-0.3, -0.25) is 4.79 Å². The average Bonchev–Trinajstić information content (AvgIpc) is 2.03. The Kier molecular flexibility index (Phi) is 2.01. The van der Waals surface area contributed by atoms with E-state index in [1.165, 1.54) is 18.5 Å². The smallest absolute Gasteiger partial charge is 0.155 e. The highest BCUT2D eigenvalue weighted by Crippen LogP contribution is 2.29. The van der Waals surface area contributed by atoms with Crippen LogP contribution in [0.15, 0.2) is 11.6 Å². The lowest BCUT2D eigenvalue weighted by Gasteiger charge is -2.33. The molecule has 0 aromatic carbocycles. The van der Waals surface area contributed by atoms with Crippen LogP contribution < -0.4 is 0 Å². The molecule has 12 heavy (non-hydrogen) atoms. The number of hydrogen-bond acceptors (Lipinski definition) is 2. The summed E-state index contributed by atoms with van der Waals surface area (Å²) in [6.45, 7) is 2.20. The van der Waals surface area contributed by atoms with Gasteiger partial charge in [-0.1, -0.05) is 0 Å². The number of piperidine rings is 1. The Morgan fingerprint density at radius 1 is 1.50 bits per heavy atom. The first-order valence-corrected chi connectivity index (χ1v) is 4.67. The minimum atomic E-state index is 0.330. The maximum absolute atomic E-state index is 11.1. The Morgan fingerprint density at radius 2 is 2.33 bits per heavy atom. The third kappa shape index (κ3) is 1.44. The molecule has 1 saturated heterocycles. The molecule has 0 aromatic heterocycles. The van der Waals surface area contributed by atoms with E-state index in [4.69, 9.17) is 0 Å². The van der Waals surface area contributed by atoms with Gasteiger partial charge in [-0.15, -0.1) is 0 Å². The van der Waals surface area contributed by atoms with Crippen molar-refractivity contribution in [2.75, 3.05) is 20.1 Å². The predicted molar refractivity (Wildman–Crippen MR) is 47.9 cm³/mol. The van der Waals surface area contributed by atoms with Crippen molar-refractivity contribution in [3.63, 3.8) is 0 Å². The first-order valence-electron chi connectivity index (χ1n) is 4.67. The highest BCUT2D eigenvalue weighted by atomic mass is 16.1. The minimum absolute atomic E-state index is 0.330. The first kappa shape index (κ1) is 7.99. The van der Waals surface area contributed by atoms with Crippen LogP contribution in [0.25, 0.3) is 0 Å². The molecule has 2 nitrogen and oxygen atoms in total. The van der Waals surface area contributed by atoms with E-state index < -0.39 is 0 Å². The van der Waals surface area contributed by atoms with Gasteiger partial charge in [-0.2, -0.15) is 0 Å². The molecule has 1 aliphatic carbocycles. The molecule has 2 aliphatic rings. The highest BCUT2D eigenvalue weighted by Gasteiger charge is 2.25. The van der Waals surface area contributed by atoms with Gasteiger partial charge in [0.15, 0.2) is 5.78 Å². The van der Waals surface area contributed by atoms with Crippen molar-refractivity contribution < 1.29 is 4.79 Å². The molecule has 2 heteroatoms. The molecule has 66 valence electrons. The third-order valence-electron chi connectivity index (χ3n) is 2.92. The number of likely N-dealkylation sites (N-methyl/N-ethyl adjacent to an activating group) is 1. The van der Waals surface area contributed by atoms with Crippen LogP contribution in [-0.2, 0) is 4.79 Å². The molecule has 1 atom stereocenters. The quantitative estimate of drug-likeness (QED) is 0.538. The van der Waals surface area contributed by atoms with Gasteiger partial charge in [-0.05, 0) is 44.0 Å². The maximum Gasteiger partial charge on any atom is 0.155 e. The standard InChI is InChI=1S/C10H15NO/c1-11-5-4-8-2-3-10(12)6-9(8)7-11/h6,8H,2-5,7H2,1H3. The van der Waals surface area contributed by atoms with E-state index >= 15 is 0 Å². The number of fused-ring (bicyclic) bond motifs is 1. The van der Waals surface area contributed by atoms with Crippen LogP contribution in [0.3, 0.4) is 0 Å². The normalized spacial score (nSPS) is 31.2. The molecule has 1 fully saturated rings. The Morgan fingerprint density at radius 3 is 3.17 bits per heavy atom. The SMILES string of the molecule is CN1CCC2CCC(=O)C=C2C1. The van der Waals surface area contributed by atoms with Gasteiger partial charge < -0.3 is 4.90 Å². The summed E-state index contributed by atoms with van der Waals surface area (Å²) in [7, 11) is 2.12. The van der Waals surface area contributed by atoms with Crippen molar-refractivity contribution in [1.29, 1.82) is 0 Å². The number of carbonyl (C=O) groups excluding carboxylic acids is 1. The van der Waals surface area contributed by atoms with Crippen LogP contribution in [0.1, 0.15) is 19.3 Å². The molecule has 0 spiro atoms. The van der Waals surface area contributed by atoms with E-state index in [1.54, 1.807) is 0 Å².